The maximum atomic E-state index is 9.53. The predicted octanol–water partition coefficient (Wildman–Crippen LogP) is 2.16. The van der Waals surface area contributed by atoms with Crippen molar-refractivity contribution in [1.29, 1.82) is 0 Å². The zero-order valence-electron chi connectivity index (χ0n) is 6.46. The summed E-state index contributed by atoms with van der Waals surface area (Å²) in [6.45, 7) is 0.564. The third-order valence-corrected chi connectivity index (χ3v) is 2.22. The number of halogens is 1. The molecule has 0 bridgehead atoms. The fourth-order valence-electron chi connectivity index (χ4n) is 1.34. The van der Waals surface area contributed by atoms with Gasteiger partial charge >= 0.3 is 0 Å². The van der Waals surface area contributed by atoms with Gasteiger partial charge in [-0.3, -0.25) is 0 Å². The predicted molar refractivity (Wildman–Crippen MR) is 46.5 cm³/mol. The Bertz CT molecular complexity index is 299. The molecule has 1 atom stereocenters. The molecule has 1 N–H and O–H groups in total. The van der Waals surface area contributed by atoms with Crippen LogP contribution in [0.1, 0.15) is 18.1 Å². The first-order valence-corrected chi connectivity index (χ1v) is 4.25. The number of aliphatic hydroxyl groups is 1. The molecule has 1 unspecified atom stereocenters. The summed E-state index contributed by atoms with van der Waals surface area (Å²) in [6.07, 6.45) is 0.264. The van der Waals surface area contributed by atoms with Crippen LogP contribution in [0.25, 0.3) is 0 Å². The van der Waals surface area contributed by atoms with Crippen molar-refractivity contribution in [3.63, 3.8) is 0 Å². The fraction of sp³-hybridized carbons (Fsp3) is 0.333. The molecule has 12 heavy (non-hydrogen) atoms. The van der Waals surface area contributed by atoms with E-state index in [0.717, 1.165) is 5.56 Å². The van der Waals surface area contributed by atoms with Gasteiger partial charge in [-0.25, -0.2) is 0 Å². The number of aliphatic hydroxyl groups excluding tert-OH is 1. The minimum Gasteiger partial charge on any atom is -0.493 e. The van der Waals surface area contributed by atoms with Crippen molar-refractivity contribution in [3.8, 4) is 5.75 Å². The van der Waals surface area contributed by atoms with Gasteiger partial charge in [-0.2, -0.15) is 0 Å². The molecular weight excluding hydrogens is 176 g/mol. The summed E-state index contributed by atoms with van der Waals surface area (Å²) < 4.78 is 5.33. The lowest BCUT2D eigenvalue weighted by Crippen LogP contribution is -2.13. The summed E-state index contributed by atoms with van der Waals surface area (Å²) in [5.74, 6) is 0.709. The van der Waals surface area contributed by atoms with Crippen molar-refractivity contribution in [2.75, 3.05) is 6.61 Å². The average molecular weight is 185 g/mol. The molecule has 1 aromatic rings. The number of hydrogen-bond donors (Lipinski definition) is 1. The van der Waals surface area contributed by atoms with Crippen molar-refractivity contribution in [2.45, 2.75) is 12.5 Å². The van der Waals surface area contributed by atoms with Crippen LogP contribution in [0.3, 0.4) is 0 Å². The monoisotopic (exact) mass is 184 g/mol. The highest BCUT2D eigenvalue weighted by Crippen LogP contribution is 2.33. The summed E-state index contributed by atoms with van der Waals surface area (Å²) >= 11 is 5.76. The molecule has 0 aliphatic carbocycles. The lowest BCUT2D eigenvalue weighted by molar-refractivity contribution is 0.115. The molecule has 1 aliphatic rings. The van der Waals surface area contributed by atoms with Crippen LogP contribution < -0.4 is 4.74 Å². The van der Waals surface area contributed by atoms with Crippen LogP contribution in [-0.4, -0.2) is 11.7 Å². The van der Waals surface area contributed by atoms with Crippen molar-refractivity contribution >= 4 is 11.6 Å². The van der Waals surface area contributed by atoms with Gasteiger partial charge in [0.15, 0.2) is 0 Å². The van der Waals surface area contributed by atoms with Gasteiger partial charge in [0, 0.05) is 17.0 Å². The molecule has 0 fully saturated rings. The Labute approximate surface area is 75.7 Å². The first-order chi connectivity index (χ1) is 5.77. The molecule has 3 heteroatoms. The van der Waals surface area contributed by atoms with Crippen molar-refractivity contribution in [1.82, 2.24) is 0 Å². The van der Waals surface area contributed by atoms with Crippen molar-refractivity contribution in [2.24, 2.45) is 0 Å². The maximum absolute atomic E-state index is 9.53. The van der Waals surface area contributed by atoms with Gasteiger partial charge in [-0.1, -0.05) is 17.7 Å². The molecule has 1 aliphatic heterocycles. The first-order valence-electron chi connectivity index (χ1n) is 3.87. The van der Waals surface area contributed by atoms with E-state index < -0.39 is 6.10 Å². The standard InChI is InChI=1S/C9H9ClO2/c10-6-1-2-7-8(11)3-4-12-9(7)5-6/h1-2,5,8,11H,3-4H2. The number of benzene rings is 1. The zero-order chi connectivity index (χ0) is 8.55. The smallest absolute Gasteiger partial charge is 0.126 e. The third-order valence-electron chi connectivity index (χ3n) is 1.98. The molecule has 0 spiro atoms. The van der Waals surface area contributed by atoms with E-state index in [9.17, 15) is 5.11 Å². The Balaban J connectivity index is 2.46. The second-order valence-corrected chi connectivity index (χ2v) is 3.27. The summed E-state index contributed by atoms with van der Waals surface area (Å²) in [5.41, 5.74) is 0.839. The van der Waals surface area contributed by atoms with Crippen LogP contribution >= 0.6 is 11.6 Å². The van der Waals surface area contributed by atoms with Gasteiger partial charge in [0.25, 0.3) is 0 Å². The molecule has 0 radical (unpaired) electrons. The third kappa shape index (κ3) is 1.28. The van der Waals surface area contributed by atoms with Crippen LogP contribution in [0, 0.1) is 0 Å². The van der Waals surface area contributed by atoms with E-state index in [1.807, 2.05) is 6.07 Å². The van der Waals surface area contributed by atoms with E-state index in [0.29, 0.717) is 23.8 Å². The Morgan fingerprint density at radius 3 is 3.17 bits per heavy atom. The normalized spacial score (nSPS) is 21.3. The van der Waals surface area contributed by atoms with E-state index in [4.69, 9.17) is 16.3 Å². The lowest BCUT2D eigenvalue weighted by Gasteiger charge is -2.21. The maximum Gasteiger partial charge on any atom is 0.126 e. The van der Waals surface area contributed by atoms with E-state index in [1.165, 1.54) is 0 Å². The molecule has 64 valence electrons. The minimum absolute atomic E-state index is 0.397. The molecule has 0 aromatic heterocycles. The van der Waals surface area contributed by atoms with Crippen LogP contribution in [-0.2, 0) is 0 Å². The quantitative estimate of drug-likeness (QED) is 0.670. The largest absolute Gasteiger partial charge is 0.493 e. The van der Waals surface area contributed by atoms with Crippen LogP contribution in [0.2, 0.25) is 5.02 Å². The number of ether oxygens (including phenoxy) is 1. The van der Waals surface area contributed by atoms with Crippen LogP contribution in [0.4, 0.5) is 0 Å². The van der Waals surface area contributed by atoms with Gasteiger partial charge in [0.1, 0.15) is 5.75 Å². The summed E-state index contributed by atoms with van der Waals surface area (Å²) in [4.78, 5) is 0. The fourth-order valence-corrected chi connectivity index (χ4v) is 1.51. The number of rotatable bonds is 0. The summed E-state index contributed by atoms with van der Waals surface area (Å²) in [7, 11) is 0. The van der Waals surface area contributed by atoms with Crippen molar-refractivity contribution in [3.05, 3.63) is 28.8 Å². The van der Waals surface area contributed by atoms with E-state index in [1.54, 1.807) is 12.1 Å². The topological polar surface area (TPSA) is 29.5 Å². The molecule has 1 aromatic carbocycles. The van der Waals surface area contributed by atoms with Gasteiger partial charge in [0.05, 0.1) is 12.7 Å². The van der Waals surface area contributed by atoms with Gasteiger partial charge in [0.2, 0.25) is 0 Å². The highest BCUT2D eigenvalue weighted by molar-refractivity contribution is 6.30. The Hall–Kier alpha value is -0.730. The Kier molecular flexibility index (Phi) is 1.95. The summed E-state index contributed by atoms with van der Waals surface area (Å²) in [5, 5.41) is 10.2. The second-order valence-electron chi connectivity index (χ2n) is 2.84. The zero-order valence-corrected chi connectivity index (χ0v) is 7.21. The molecule has 1 heterocycles. The Morgan fingerprint density at radius 2 is 2.33 bits per heavy atom. The van der Waals surface area contributed by atoms with Gasteiger partial charge in [-0.05, 0) is 12.1 Å². The molecule has 0 saturated carbocycles. The molecular formula is C9H9ClO2. The Morgan fingerprint density at radius 1 is 1.50 bits per heavy atom. The molecule has 2 rings (SSSR count). The average Bonchev–Trinajstić information content (AvgIpc) is 2.04. The lowest BCUT2D eigenvalue weighted by atomic mass is 10.0. The van der Waals surface area contributed by atoms with Crippen molar-refractivity contribution < 1.29 is 9.84 Å². The second kappa shape index (κ2) is 2.96. The van der Waals surface area contributed by atoms with E-state index in [-0.39, 0.29) is 0 Å². The minimum atomic E-state index is -0.397. The van der Waals surface area contributed by atoms with E-state index >= 15 is 0 Å². The van der Waals surface area contributed by atoms with Crippen LogP contribution in [0.15, 0.2) is 18.2 Å². The molecule has 2 nitrogen and oxygen atoms in total. The number of hydrogen-bond acceptors (Lipinski definition) is 2. The first kappa shape index (κ1) is 7.90. The SMILES string of the molecule is OC1CCOc2cc(Cl)ccc21. The molecule has 0 amide bonds. The molecule has 0 saturated heterocycles. The number of fused-ring (bicyclic) bond motifs is 1. The van der Waals surface area contributed by atoms with Gasteiger partial charge in [-0.15, -0.1) is 0 Å². The highest BCUT2D eigenvalue weighted by Gasteiger charge is 2.18. The van der Waals surface area contributed by atoms with Gasteiger partial charge < -0.3 is 9.84 Å². The highest BCUT2D eigenvalue weighted by atomic mass is 35.5. The van der Waals surface area contributed by atoms with Crippen LogP contribution in [0.5, 0.6) is 5.75 Å². The summed E-state index contributed by atoms with van der Waals surface area (Å²) in [6, 6.07) is 5.30. The van der Waals surface area contributed by atoms with E-state index in [2.05, 4.69) is 0 Å².